The fourth-order valence-corrected chi connectivity index (χ4v) is 6.93. The molecule has 23 heavy (non-hydrogen) atoms. The van der Waals surface area contributed by atoms with Crippen molar-refractivity contribution in [1.82, 2.24) is 0 Å². The summed E-state index contributed by atoms with van der Waals surface area (Å²) in [7, 11) is -3.50. The standard InChI is InChI=1S/C18H15N2O2P/c1-2-8-14(9-3-1)23(19-15-10-4-6-12-17(15)21-23)20-16-11-5-7-13-18(16)22-23/h1-13,19-20H. The van der Waals surface area contributed by atoms with E-state index in [2.05, 4.69) is 10.2 Å². The molecule has 0 amide bonds. The molecule has 0 aliphatic carbocycles. The Morgan fingerprint density at radius 2 is 1.04 bits per heavy atom. The molecular formula is C18H15N2O2P. The van der Waals surface area contributed by atoms with Crippen LogP contribution in [0.15, 0.2) is 78.9 Å². The van der Waals surface area contributed by atoms with E-state index in [0.717, 1.165) is 28.2 Å². The average Bonchev–Trinajstić information content (AvgIpc) is 3.11. The molecule has 0 saturated carbocycles. The van der Waals surface area contributed by atoms with Crippen molar-refractivity contribution in [2.24, 2.45) is 0 Å². The Hall–Kier alpha value is -2.71. The zero-order valence-corrected chi connectivity index (χ0v) is 13.2. The molecule has 3 aromatic rings. The summed E-state index contributed by atoms with van der Waals surface area (Å²) in [5, 5.41) is 8.10. The Balaban J connectivity index is 1.75. The Kier molecular flexibility index (Phi) is 2.33. The van der Waals surface area contributed by atoms with E-state index in [0.29, 0.717) is 0 Å². The van der Waals surface area contributed by atoms with Gasteiger partial charge < -0.3 is 0 Å². The van der Waals surface area contributed by atoms with Gasteiger partial charge in [0.1, 0.15) is 0 Å². The van der Waals surface area contributed by atoms with Gasteiger partial charge in [0.25, 0.3) is 0 Å². The molecule has 0 atom stereocenters. The molecule has 5 heteroatoms. The van der Waals surface area contributed by atoms with Crippen molar-refractivity contribution in [3.8, 4) is 11.5 Å². The van der Waals surface area contributed by atoms with E-state index in [1.165, 1.54) is 0 Å². The maximum absolute atomic E-state index is 6.50. The van der Waals surface area contributed by atoms with Crippen molar-refractivity contribution in [3.05, 3.63) is 78.9 Å². The van der Waals surface area contributed by atoms with Crippen molar-refractivity contribution >= 4 is 24.0 Å². The number of benzene rings is 3. The van der Waals surface area contributed by atoms with E-state index in [4.69, 9.17) is 9.05 Å². The van der Waals surface area contributed by atoms with Gasteiger partial charge in [-0.05, 0) is 0 Å². The maximum atomic E-state index is 6.50. The van der Waals surface area contributed by atoms with Gasteiger partial charge in [0, 0.05) is 0 Å². The van der Waals surface area contributed by atoms with Crippen LogP contribution in [-0.4, -0.2) is 0 Å². The molecule has 2 aliphatic rings. The Morgan fingerprint density at radius 3 is 1.57 bits per heavy atom. The van der Waals surface area contributed by atoms with E-state index in [1.54, 1.807) is 0 Å². The third kappa shape index (κ3) is 1.64. The summed E-state index contributed by atoms with van der Waals surface area (Å²) in [6.07, 6.45) is 0. The molecule has 0 unspecified atom stereocenters. The molecular weight excluding hydrogens is 307 g/mol. The van der Waals surface area contributed by atoms with E-state index in [-0.39, 0.29) is 0 Å². The first-order valence-corrected chi connectivity index (χ1v) is 9.58. The summed E-state index contributed by atoms with van der Waals surface area (Å²) in [5.41, 5.74) is 1.88. The number of anilines is 2. The molecule has 0 aromatic heterocycles. The van der Waals surface area contributed by atoms with Gasteiger partial charge in [-0.2, -0.15) is 0 Å². The van der Waals surface area contributed by atoms with Crippen molar-refractivity contribution in [2.75, 3.05) is 10.2 Å². The third-order valence-electron chi connectivity index (χ3n) is 4.19. The van der Waals surface area contributed by atoms with Gasteiger partial charge in [-0.1, -0.05) is 0 Å². The minimum absolute atomic E-state index is 0.800. The van der Waals surface area contributed by atoms with Crippen LogP contribution in [0.2, 0.25) is 0 Å². The third-order valence-corrected chi connectivity index (χ3v) is 7.81. The van der Waals surface area contributed by atoms with E-state index in [1.807, 2.05) is 78.9 Å². The Bertz CT molecular complexity index is 801. The predicted octanol–water partition coefficient (Wildman–Crippen LogP) is 4.53. The number of nitrogens with one attached hydrogen (secondary N) is 2. The molecule has 5 rings (SSSR count). The summed E-state index contributed by atoms with van der Waals surface area (Å²) >= 11 is 0. The van der Waals surface area contributed by atoms with Crippen LogP contribution in [0.3, 0.4) is 0 Å². The zero-order chi connectivity index (χ0) is 15.4. The van der Waals surface area contributed by atoms with Gasteiger partial charge in [-0.25, -0.2) is 0 Å². The molecule has 2 aliphatic heterocycles. The summed E-state index contributed by atoms with van der Waals surface area (Å²) < 4.78 is 13.0. The van der Waals surface area contributed by atoms with Crippen LogP contribution in [0, 0.1) is 0 Å². The first kappa shape index (κ1) is 12.8. The summed E-state index contributed by atoms with van der Waals surface area (Å²) in [4.78, 5) is 0. The molecule has 4 nitrogen and oxygen atoms in total. The molecule has 2 heterocycles. The van der Waals surface area contributed by atoms with Gasteiger partial charge in [-0.15, -0.1) is 0 Å². The zero-order valence-electron chi connectivity index (χ0n) is 12.3. The minimum atomic E-state index is -3.50. The van der Waals surface area contributed by atoms with Crippen molar-refractivity contribution < 1.29 is 9.05 Å². The van der Waals surface area contributed by atoms with E-state index >= 15 is 0 Å². The van der Waals surface area contributed by atoms with Gasteiger partial charge >= 0.3 is 134 Å². The molecule has 3 aromatic carbocycles. The van der Waals surface area contributed by atoms with Crippen LogP contribution in [0.5, 0.6) is 11.5 Å². The Labute approximate surface area is 134 Å². The van der Waals surface area contributed by atoms with E-state index in [9.17, 15) is 0 Å². The second-order valence-electron chi connectivity index (χ2n) is 5.69. The van der Waals surface area contributed by atoms with Crippen molar-refractivity contribution in [1.29, 1.82) is 0 Å². The summed E-state index contributed by atoms with van der Waals surface area (Å²) in [6, 6.07) is 25.9. The van der Waals surface area contributed by atoms with Crippen LogP contribution in [0.1, 0.15) is 0 Å². The van der Waals surface area contributed by atoms with Crippen LogP contribution < -0.4 is 24.5 Å². The SMILES string of the molecule is c1ccc(P23(Nc4ccccc4O2)Nc2ccccc2O3)cc1. The van der Waals surface area contributed by atoms with Crippen LogP contribution >= 0.6 is 7.36 Å². The predicted molar refractivity (Wildman–Crippen MR) is 94.4 cm³/mol. The van der Waals surface area contributed by atoms with E-state index < -0.39 is 7.36 Å². The molecule has 0 radical (unpaired) electrons. The monoisotopic (exact) mass is 322 g/mol. The molecule has 2 N–H and O–H groups in total. The number of para-hydroxylation sites is 4. The Morgan fingerprint density at radius 1 is 0.565 bits per heavy atom. The van der Waals surface area contributed by atoms with Crippen molar-refractivity contribution in [3.63, 3.8) is 0 Å². The molecule has 114 valence electrons. The average molecular weight is 322 g/mol. The normalized spacial score (nSPS) is 19.9. The summed E-state index contributed by atoms with van der Waals surface area (Å²) in [6.45, 7) is 0. The second kappa shape index (κ2) is 4.18. The quantitative estimate of drug-likeness (QED) is 0.646. The topological polar surface area (TPSA) is 42.5 Å². The number of fused-ring (bicyclic) bond motifs is 2. The van der Waals surface area contributed by atoms with Crippen molar-refractivity contribution in [2.45, 2.75) is 0 Å². The first-order chi connectivity index (χ1) is 11.3. The fourth-order valence-electron chi connectivity index (χ4n) is 3.16. The first-order valence-electron chi connectivity index (χ1n) is 7.51. The molecule has 1 spiro atoms. The van der Waals surface area contributed by atoms with Gasteiger partial charge in [0.05, 0.1) is 0 Å². The van der Waals surface area contributed by atoms with Crippen LogP contribution in [0.25, 0.3) is 0 Å². The molecule has 0 bridgehead atoms. The summed E-state index contributed by atoms with van der Waals surface area (Å²) in [5.74, 6) is 1.60. The number of hydrogen-bond acceptors (Lipinski definition) is 4. The van der Waals surface area contributed by atoms with Gasteiger partial charge in [0.2, 0.25) is 0 Å². The van der Waals surface area contributed by atoms with Crippen LogP contribution in [0.4, 0.5) is 11.4 Å². The molecule has 0 saturated heterocycles. The molecule has 0 fully saturated rings. The number of rotatable bonds is 1. The van der Waals surface area contributed by atoms with Crippen LogP contribution in [-0.2, 0) is 0 Å². The van der Waals surface area contributed by atoms with Gasteiger partial charge in [0.15, 0.2) is 0 Å². The van der Waals surface area contributed by atoms with Gasteiger partial charge in [-0.3, -0.25) is 0 Å². The number of hydrogen-bond donors (Lipinski definition) is 2. The fraction of sp³-hybridized carbons (Fsp3) is 0. The second-order valence-corrected chi connectivity index (χ2v) is 8.94.